The second kappa shape index (κ2) is 6.89. The van der Waals surface area contributed by atoms with Gasteiger partial charge in [-0.15, -0.1) is 0 Å². The van der Waals surface area contributed by atoms with Gasteiger partial charge in [0.1, 0.15) is 6.04 Å². The highest BCUT2D eigenvalue weighted by Gasteiger charge is 2.28. The maximum Gasteiger partial charge on any atom is 0.326 e. The van der Waals surface area contributed by atoms with Crippen LogP contribution in [0.4, 0.5) is 0 Å². The molecule has 3 atom stereocenters. The number of carboxylic acid groups (broad SMARTS) is 1. The van der Waals surface area contributed by atoms with Gasteiger partial charge >= 0.3 is 5.97 Å². The van der Waals surface area contributed by atoms with E-state index in [0.717, 1.165) is 0 Å². The maximum atomic E-state index is 11.9. The lowest BCUT2D eigenvalue weighted by atomic mass is 9.98. The molecule has 1 amide bonds. The Morgan fingerprint density at radius 2 is 1.84 bits per heavy atom. The minimum atomic E-state index is -1.35. The third-order valence-electron chi connectivity index (χ3n) is 3.14. The second-order valence-corrected chi connectivity index (χ2v) is 4.52. The van der Waals surface area contributed by atoms with Gasteiger partial charge in [-0.05, 0) is 11.5 Å². The maximum absolute atomic E-state index is 11.9. The lowest BCUT2D eigenvalue weighted by Crippen LogP contribution is -2.46. The molecule has 0 aliphatic rings. The van der Waals surface area contributed by atoms with Crippen molar-refractivity contribution >= 4 is 11.9 Å². The minimum Gasteiger partial charge on any atom is -0.480 e. The van der Waals surface area contributed by atoms with Crippen LogP contribution < -0.4 is 5.32 Å². The van der Waals surface area contributed by atoms with E-state index in [2.05, 4.69) is 5.32 Å². The van der Waals surface area contributed by atoms with Crippen molar-refractivity contribution in [1.82, 2.24) is 5.32 Å². The first-order valence-electron chi connectivity index (χ1n) is 6.23. The van der Waals surface area contributed by atoms with Gasteiger partial charge in [-0.1, -0.05) is 50.6 Å². The first-order chi connectivity index (χ1) is 8.97. The van der Waals surface area contributed by atoms with Crippen LogP contribution in [-0.4, -0.2) is 28.1 Å². The number of hydrogen-bond donors (Lipinski definition) is 3. The number of amides is 1. The molecule has 0 spiro atoms. The molecule has 0 heterocycles. The Labute approximate surface area is 112 Å². The Hall–Kier alpha value is -1.88. The molecular formula is C14H19NO4. The molecule has 0 aliphatic heterocycles. The van der Waals surface area contributed by atoms with Crippen molar-refractivity contribution in [1.29, 1.82) is 0 Å². The molecule has 19 heavy (non-hydrogen) atoms. The predicted molar refractivity (Wildman–Crippen MR) is 70.4 cm³/mol. The molecule has 0 radical (unpaired) electrons. The average molecular weight is 265 g/mol. The molecule has 1 rings (SSSR count). The van der Waals surface area contributed by atoms with Gasteiger partial charge in [0.2, 0.25) is 0 Å². The largest absolute Gasteiger partial charge is 0.480 e. The summed E-state index contributed by atoms with van der Waals surface area (Å²) in [4.78, 5) is 23.0. The van der Waals surface area contributed by atoms with E-state index in [1.165, 1.54) is 0 Å². The zero-order valence-electron chi connectivity index (χ0n) is 11.0. The number of rotatable bonds is 6. The van der Waals surface area contributed by atoms with E-state index in [0.29, 0.717) is 12.0 Å². The Kier molecular flexibility index (Phi) is 5.51. The van der Waals surface area contributed by atoms with Crippen LogP contribution in [0, 0.1) is 5.92 Å². The third kappa shape index (κ3) is 4.06. The van der Waals surface area contributed by atoms with Gasteiger partial charge in [0, 0.05) is 0 Å². The van der Waals surface area contributed by atoms with E-state index in [-0.39, 0.29) is 5.92 Å². The van der Waals surface area contributed by atoms with Crippen molar-refractivity contribution in [2.75, 3.05) is 0 Å². The predicted octanol–water partition coefficient (Wildman–Crippen LogP) is 1.34. The SMILES string of the molecule is CC[C@@H](C)[C@H](NC(=O)[C@@H](O)c1ccccc1)C(=O)O. The van der Waals surface area contributed by atoms with Crippen molar-refractivity contribution in [3.63, 3.8) is 0 Å². The average Bonchev–Trinajstić information content (AvgIpc) is 2.43. The van der Waals surface area contributed by atoms with Crippen molar-refractivity contribution in [3.8, 4) is 0 Å². The van der Waals surface area contributed by atoms with Gasteiger partial charge in [-0.2, -0.15) is 0 Å². The number of benzene rings is 1. The fraction of sp³-hybridized carbons (Fsp3) is 0.429. The van der Waals surface area contributed by atoms with E-state index < -0.39 is 24.0 Å². The zero-order valence-corrected chi connectivity index (χ0v) is 11.0. The molecule has 0 unspecified atom stereocenters. The van der Waals surface area contributed by atoms with Crippen LogP contribution in [0.5, 0.6) is 0 Å². The molecule has 5 heteroatoms. The first kappa shape index (κ1) is 15.2. The number of carboxylic acids is 1. The van der Waals surface area contributed by atoms with Gasteiger partial charge in [0.05, 0.1) is 0 Å². The summed E-state index contributed by atoms with van der Waals surface area (Å²) < 4.78 is 0. The highest BCUT2D eigenvalue weighted by Crippen LogP contribution is 2.14. The quantitative estimate of drug-likeness (QED) is 0.724. The number of aliphatic hydroxyl groups is 1. The van der Waals surface area contributed by atoms with Gasteiger partial charge in [0.25, 0.3) is 5.91 Å². The summed E-state index contributed by atoms with van der Waals surface area (Å²) in [6.07, 6.45) is -0.731. The number of carbonyl (C=O) groups is 2. The van der Waals surface area contributed by atoms with Crippen LogP contribution in [-0.2, 0) is 9.59 Å². The molecule has 0 saturated carbocycles. The Morgan fingerprint density at radius 1 is 1.26 bits per heavy atom. The van der Waals surface area contributed by atoms with Crippen LogP contribution in [0.25, 0.3) is 0 Å². The van der Waals surface area contributed by atoms with E-state index in [9.17, 15) is 14.7 Å². The third-order valence-corrected chi connectivity index (χ3v) is 3.14. The van der Waals surface area contributed by atoms with E-state index in [1.807, 2.05) is 6.92 Å². The number of nitrogens with one attached hydrogen (secondary N) is 1. The molecule has 104 valence electrons. The fourth-order valence-electron chi connectivity index (χ4n) is 1.70. The van der Waals surface area contributed by atoms with E-state index in [1.54, 1.807) is 37.3 Å². The summed E-state index contributed by atoms with van der Waals surface area (Å²) in [6, 6.07) is 7.42. The molecule has 0 bridgehead atoms. The molecule has 0 aromatic heterocycles. The van der Waals surface area contributed by atoms with E-state index in [4.69, 9.17) is 5.11 Å². The lowest BCUT2D eigenvalue weighted by Gasteiger charge is -2.21. The van der Waals surface area contributed by atoms with Crippen LogP contribution >= 0.6 is 0 Å². The van der Waals surface area contributed by atoms with Gasteiger partial charge < -0.3 is 15.5 Å². The minimum absolute atomic E-state index is 0.204. The Balaban J connectivity index is 2.75. The summed E-state index contributed by atoms with van der Waals surface area (Å²) in [5, 5.41) is 21.3. The molecule has 0 fully saturated rings. The summed E-state index contributed by atoms with van der Waals surface area (Å²) >= 11 is 0. The number of carbonyl (C=O) groups excluding carboxylic acids is 1. The van der Waals surface area contributed by atoms with Crippen molar-refractivity contribution < 1.29 is 19.8 Å². The van der Waals surface area contributed by atoms with Gasteiger partial charge in [0.15, 0.2) is 6.10 Å². The molecule has 3 N–H and O–H groups in total. The van der Waals surface area contributed by atoms with Gasteiger partial charge in [-0.25, -0.2) is 4.79 Å². The standard InChI is InChI=1S/C14H19NO4/c1-3-9(2)11(14(18)19)15-13(17)12(16)10-7-5-4-6-8-10/h4-9,11-12,16H,3H2,1-2H3,(H,15,17)(H,18,19)/t9-,11+,12+/m1/s1. The molecule has 0 saturated heterocycles. The summed E-state index contributed by atoms with van der Waals surface area (Å²) in [6.45, 7) is 3.59. The molecule has 5 nitrogen and oxygen atoms in total. The molecular weight excluding hydrogens is 246 g/mol. The highest BCUT2D eigenvalue weighted by molar-refractivity contribution is 5.87. The number of hydrogen-bond acceptors (Lipinski definition) is 3. The van der Waals surface area contributed by atoms with Crippen LogP contribution in [0.1, 0.15) is 31.9 Å². The van der Waals surface area contributed by atoms with Crippen LogP contribution in [0.2, 0.25) is 0 Å². The first-order valence-corrected chi connectivity index (χ1v) is 6.23. The highest BCUT2D eigenvalue weighted by atomic mass is 16.4. The molecule has 1 aromatic carbocycles. The normalized spacial score (nSPS) is 15.3. The van der Waals surface area contributed by atoms with Crippen molar-refractivity contribution in [2.24, 2.45) is 5.92 Å². The lowest BCUT2D eigenvalue weighted by molar-refractivity contribution is -0.145. The second-order valence-electron chi connectivity index (χ2n) is 4.52. The van der Waals surface area contributed by atoms with Crippen molar-refractivity contribution in [2.45, 2.75) is 32.4 Å². The topological polar surface area (TPSA) is 86.6 Å². The Bertz CT molecular complexity index is 432. The number of aliphatic carboxylic acids is 1. The summed E-state index contributed by atoms with van der Waals surface area (Å²) in [5.41, 5.74) is 0.438. The van der Waals surface area contributed by atoms with Gasteiger partial charge in [-0.3, -0.25) is 4.79 Å². The number of aliphatic hydroxyl groups excluding tert-OH is 1. The van der Waals surface area contributed by atoms with Crippen LogP contribution in [0.3, 0.4) is 0 Å². The zero-order chi connectivity index (χ0) is 14.4. The Morgan fingerprint density at radius 3 is 2.32 bits per heavy atom. The summed E-state index contributed by atoms with van der Waals surface area (Å²) in [7, 11) is 0. The van der Waals surface area contributed by atoms with Crippen molar-refractivity contribution in [3.05, 3.63) is 35.9 Å². The molecule has 1 aromatic rings. The monoisotopic (exact) mass is 265 g/mol. The summed E-state index contributed by atoms with van der Waals surface area (Å²) in [5.74, 6) is -1.99. The smallest absolute Gasteiger partial charge is 0.326 e. The molecule has 0 aliphatic carbocycles. The van der Waals surface area contributed by atoms with Crippen LogP contribution in [0.15, 0.2) is 30.3 Å². The van der Waals surface area contributed by atoms with E-state index >= 15 is 0 Å². The fourth-order valence-corrected chi connectivity index (χ4v) is 1.70.